The quantitative estimate of drug-likeness (QED) is 0.696. The van der Waals surface area contributed by atoms with Crippen LogP contribution in [0.4, 0.5) is 11.5 Å². The lowest BCUT2D eigenvalue weighted by Crippen LogP contribution is -2.41. The first-order valence-electron chi connectivity index (χ1n) is 9.67. The smallest absolute Gasteiger partial charge is 0.245 e. The van der Waals surface area contributed by atoms with E-state index in [-0.39, 0.29) is 23.8 Å². The molecule has 1 aliphatic rings. The molecule has 4 rings (SSSR count). The Labute approximate surface area is 179 Å². The lowest BCUT2D eigenvalue weighted by Gasteiger charge is -2.28. The van der Waals surface area contributed by atoms with Gasteiger partial charge in [-0.15, -0.1) is 11.8 Å². The number of para-hydroxylation sites is 1. The van der Waals surface area contributed by atoms with Crippen molar-refractivity contribution in [1.29, 1.82) is 0 Å². The zero-order valence-corrected chi connectivity index (χ0v) is 17.9. The molecule has 1 N–H and O–H groups in total. The summed E-state index contributed by atoms with van der Waals surface area (Å²) < 4.78 is 1.63. The van der Waals surface area contributed by atoms with Crippen molar-refractivity contribution in [3.8, 4) is 5.82 Å². The highest BCUT2D eigenvalue weighted by atomic mass is 32.2. The predicted octanol–water partition coefficient (Wildman–Crippen LogP) is 3.64. The summed E-state index contributed by atoms with van der Waals surface area (Å²) in [5.41, 5.74) is 1.40. The summed E-state index contributed by atoms with van der Waals surface area (Å²) in [6.45, 7) is 6.12. The van der Waals surface area contributed by atoms with E-state index in [2.05, 4.69) is 36.2 Å². The first-order valence-corrected chi connectivity index (χ1v) is 10.7. The second kappa shape index (κ2) is 7.95. The van der Waals surface area contributed by atoms with Crippen LogP contribution in [0, 0.1) is 0 Å². The number of carbonyl (C=O) groups excluding carboxylic acids is 2. The first kappa shape index (κ1) is 20.2. The third kappa shape index (κ3) is 4.09. The van der Waals surface area contributed by atoms with Crippen LogP contribution >= 0.6 is 11.8 Å². The molecule has 154 valence electrons. The number of amides is 2. The average molecular weight is 422 g/mol. The van der Waals surface area contributed by atoms with Gasteiger partial charge in [0.15, 0.2) is 5.82 Å². The van der Waals surface area contributed by atoms with Crippen LogP contribution < -0.4 is 10.2 Å². The molecule has 3 aromatic rings. The van der Waals surface area contributed by atoms with E-state index in [1.807, 2.05) is 48.5 Å². The maximum absolute atomic E-state index is 12.9. The van der Waals surface area contributed by atoms with Gasteiger partial charge in [-0.3, -0.25) is 9.59 Å². The van der Waals surface area contributed by atoms with Gasteiger partial charge < -0.3 is 10.2 Å². The lowest BCUT2D eigenvalue weighted by molar-refractivity contribution is -0.120. The van der Waals surface area contributed by atoms with Crippen molar-refractivity contribution in [3.63, 3.8) is 0 Å². The van der Waals surface area contributed by atoms with Crippen LogP contribution in [0.2, 0.25) is 0 Å². The molecule has 3 heterocycles. The first-order chi connectivity index (χ1) is 14.3. The fourth-order valence-electron chi connectivity index (χ4n) is 3.14. The highest BCUT2D eigenvalue weighted by molar-refractivity contribution is 8.00. The molecule has 0 unspecified atom stereocenters. The van der Waals surface area contributed by atoms with E-state index in [0.29, 0.717) is 17.4 Å². The molecule has 0 fully saturated rings. The van der Waals surface area contributed by atoms with Gasteiger partial charge in [-0.2, -0.15) is 9.78 Å². The maximum atomic E-state index is 12.9. The summed E-state index contributed by atoms with van der Waals surface area (Å²) in [7, 11) is 0. The summed E-state index contributed by atoms with van der Waals surface area (Å²) >= 11 is 1.49. The Morgan fingerprint density at radius 1 is 1.17 bits per heavy atom. The summed E-state index contributed by atoms with van der Waals surface area (Å²) in [6.07, 6.45) is 1.68. The number of anilines is 2. The molecule has 0 aliphatic carbocycles. The van der Waals surface area contributed by atoms with Gasteiger partial charge in [0.2, 0.25) is 11.8 Å². The number of carbonyl (C=O) groups is 2. The minimum atomic E-state index is -0.289. The number of thioether (sulfide) groups is 1. The Hall–Kier alpha value is -3.13. The zero-order valence-electron chi connectivity index (χ0n) is 17.1. The van der Waals surface area contributed by atoms with Crippen LogP contribution in [0.25, 0.3) is 5.82 Å². The number of benzene rings is 1. The summed E-state index contributed by atoms with van der Waals surface area (Å²) in [5, 5.41) is 7.58. The standard InChI is InChI=1S/C22H23N5O2S/c1-22(2,3)17-12-19(27(25-17)18-10-6-7-11-23-18)24-20(28)13-26-15-8-4-5-9-16(15)30-14-21(26)29/h4-12H,13-14H2,1-3H3,(H,24,28). The van der Waals surface area contributed by atoms with Crippen molar-refractivity contribution >= 4 is 35.1 Å². The Kier molecular flexibility index (Phi) is 5.34. The van der Waals surface area contributed by atoms with E-state index >= 15 is 0 Å². The fourth-order valence-corrected chi connectivity index (χ4v) is 4.08. The van der Waals surface area contributed by atoms with Crippen LogP contribution in [0.1, 0.15) is 26.5 Å². The molecular formula is C22H23N5O2S. The molecule has 0 saturated carbocycles. The van der Waals surface area contributed by atoms with E-state index in [9.17, 15) is 9.59 Å². The average Bonchev–Trinajstić information content (AvgIpc) is 3.15. The van der Waals surface area contributed by atoms with Crippen LogP contribution in [-0.2, 0) is 15.0 Å². The largest absolute Gasteiger partial charge is 0.309 e. The predicted molar refractivity (Wildman–Crippen MR) is 118 cm³/mol. The molecule has 0 bridgehead atoms. The minimum absolute atomic E-state index is 0.0609. The Bertz CT molecular complexity index is 1090. The highest BCUT2D eigenvalue weighted by Gasteiger charge is 2.27. The van der Waals surface area contributed by atoms with E-state index < -0.39 is 0 Å². The summed E-state index contributed by atoms with van der Waals surface area (Å²) in [4.78, 5) is 32.3. The Morgan fingerprint density at radius 2 is 1.93 bits per heavy atom. The molecule has 1 aromatic carbocycles. The number of hydrogen-bond donors (Lipinski definition) is 1. The molecule has 2 amide bonds. The number of nitrogens with zero attached hydrogens (tertiary/aromatic N) is 4. The number of fused-ring (bicyclic) bond motifs is 1. The van der Waals surface area contributed by atoms with Crippen molar-refractivity contribution in [2.75, 3.05) is 22.5 Å². The molecule has 0 spiro atoms. The third-order valence-electron chi connectivity index (χ3n) is 4.72. The molecule has 7 nitrogen and oxygen atoms in total. The lowest BCUT2D eigenvalue weighted by atomic mass is 9.92. The van der Waals surface area contributed by atoms with Gasteiger partial charge in [0.1, 0.15) is 12.4 Å². The number of pyridine rings is 1. The van der Waals surface area contributed by atoms with Crippen molar-refractivity contribution in [2.45, 2.75) is 31.1 Å². The molecule has 30 heavy (non-hydrogen) atoms. The molecule has 8 heteroatoms. The number of rotatable bonds is 4. The fraction of sp³-hybridized carbons (Fsp3) is 0.273. The summed E-state index contributed by atoms with van der Waals surface area (Å²) in [5.74, 6) is 1.09. The zero-order chi connectivity index (χ0) is 21.3. The topological polar surface area (TPSA) is 80.1 Å². The van der Waals surface area contributed by atoms with Crippen molar-refractivity contribution in [3.05, 3.63) is 60.4 Å². The molecule has 0 saturated heterocycles. The van der Waals surface area contributed by atoms with Crippen molar-refractivity contribution in [1.82, 2.24) is 14.8 Å². The molecule has 1 aliphatic heterocycles. The SMILES string of the molecule is CC(C)(C)c1cc(NC(=O)CN2C(=O)CSc3ccccc32)n(-c2ccccn2)n1. The second-order valence-corrected chi connectivity index (χ2v) is 9.07. The van der Waals surface area contributed by atoms with Gasteiger partial charge in [-0.1, -0.05) is 39.0 Å². The van der Waals surface area contributed by atoms with Gasteiger partial charge in [0.25, 0.3) is 0 Å². The van der Waals surface area contributed by atoms with Crippen molar-refractivity contribution in [2.24, 2.45) is 0 Å². The van der Waals surface area contributed by atoms with Crippen LogP contribution in [0.15, 0.2) is 59.6 Å². The monoisotopic (exact) mass is 421 g/mol. The molecule has 0 atom stereocenters. The highest BCUT2D eigenvalue weighted by Crippen LogP contribution is 2.34. The molecule has 0 radical (unpaired) electrons. The van der Waals surface area contributed by atoms with Crippen molar-refractivity contribution < 1.29 is 9.59 Å². The van der Waals surface area contributed by atoms with Gasteiger partial charge in [-0.25, -0.2) is 4.98 Å². The molecular weight excluding hydrogens is 398 g/mol. The van der Waals surface area contributed by atoms with Gasteiger partial charge in [-0.05, 0) is 24.3 Å². The van der Waals surface area contributed by atoms with Crippen LogP contribution in [-0.4, -0.2) is 38.9 Å². The van der Waals surface area contributed by atoms with Crippen LogP contribution in [0.3, 0.4) is 0 Å². The number of hydrogen-bond acceptors (Lipinski definition) is 5. The van der Waals surface area contributed by atoms with Gasteiger partial charge in [0, 0.05) is 22.6 Å². The third-order valence-corrected chi connectivity index (χ3v) is 5.77. The van der Waals surface area contributed by atoms with Crippen LogP contribution in [0.5, 0.6) is 0 Å². The maximum Gasteiger partial charge on any atom is 0.245 e. The van der Waals surface area contributed by atoms with E-state index in [4.69, 9.17) is 0 Å². The summed E-state index contributed by atoms with van der Waals surface area (Å²) in [6, 6.07) is 15.0. The number of aromatic nitrogens is 3. The minimum Gasteiger partial charge on any atom is -0.309 e. The Balaban J connectivity index is 1.61. The van der Waals surface area contributed by atoms with Gasteiger partial charge in [0.05, 0.1) is 17.1 Å². The molecule has 2 aromatic heterocycles. The van der Waals surface area contributed by atoms with E-state index in [1.54, 1.807) is 10.9 Å². The van der Waals surface area contributed by atoms with E-state index in [0.717, 1.165) is 16.3 Å². The van der Waals surface area contributed by atoms with Gasteiger partial charge >= 0.3 is 0 Å². The van der Waals surface area contributed by atoms with E-state index in [1.165, 1.54) is 16.7 Å². The normalized spacial score (nSPS) is 13.8. The second-order valence-electron chi connectivity index (χ2n) is 8.05. The Morgan fingerprint density at radius 3 is 2.67 bits per heavy atom. The number of nitrogens with one attached hydrogen (secondary N) is 1.